The molecule has 1 saturated carbocycles. The Morgan fingerprint density at radius 3 is 2.64 bits per heavy atom. The molecule has 2 aliphatic rings. The zero-order chi connectivity index (χ0) is 17.1. The number of ether oxygens (including phenoxy) is 2. The second-order valence-corrected chi connectivity index (χ2v) is 7.37. The van der Waals surface area contributed by atoms with Gasteiger partial charge in [0.2, 0.25) is 0 Å². The summed E-state index contributed by atoms with van der Waals surface area (Å²) >= 11 is 0. The Kier molecular flexibility index (Phi) is 4.67. The third-order valence-electron chi connectivity index (χ3n) is 5.66. The second kappa shape index (κ2) is 7.09. The molecule has 3 nitrogen and oxygen atoms in total. The number of benzene rings is 2. The molecule has 132 valence electrons. The Labute approximate surface area is 150 Å². The van der Waals surface area contributed by atoms with E-state index in [1.54, 1.807) is 7.11 Å². The first-order chi connectivity index (χ1) is 12.3. The maximum absolute atomic E-state index is 6.57. The highest BCUT2D eigenvalue weighted by atomic mass is 16.5. The summed E-state index contributed by atoms with van der Waals surface area (Å²) in [6.45, 7) is 0.882. The second-order valence-electron chi connectivity index (χ2n) is 7.37. The maximum atomic E-state index is 6.57. The first kappa shape index (κ1) is 16.5. The molecule has 25 heavy (non-hydrogen) atoms. The molecule has 0 amide bonds. The van der Waals surface area contributed by atoms with Crippen molar-refractivity contribution in [2.75, 3.05) is 7.11 Å². The lowest BCUT2D eigenvalue weighted by molar-refractivity contribution is -0.00307. The maximum Gasteiger partial charge on any atom is 0.128 e. The van der Waals surface area contributed by atoms with E-state index in [1.165, 1.54) is 30.4 Å². The predicted octanol–water partition coefficient (Wildman–Crippen LogP) is 5.01. The molecule has 0 aromatic heterocycles. The summed E-state index contributed by atoms with van der Waals surface area (Å²) in [4.78, 5) is 0. The quantitative estimate of drug-likeness (QED) is 0.850. The van der Waals surface area contributed by atoms with E-state index in [1.807, 2.05) is 6.07 Å². The summed E-state index contributed by atoms with van der Waals surface area (Å²) in [5.74, 6) is 1.87. The van der Waals surface area contributed by atoms with Crippen LogP contribution in [0, 0.1) is 0 Å². The molecule has 1 fully saturated rings. The molecule has 1 N–H and O–H groups in total. The van der Waals surface area contributed by atoms with E-state index in [-0.39, 0.29) is 5.60 Å². The Hall–Kier alpha value is -2.00. The van der Waals surface area contributed by atoms with E-state index < -0.39 is 0 Å². The lowest BCUT2D eigenvalue weighted by atomic mass is 9.77. The van der Waals surface area contributed by atoms with Gasteiger partial charge < -0.3 is 14.8 Å². The average molecular weight is 337 g/mol. The lowest BCUT2D eigenvalue weighted by Crippen LogP contribution is -2.45. The number of rotatable bonds is 4. The van der Waals surface area contributed by atoms with Gasteiger partial charge in [-0.15, -0.1) is 0 Å². The molecule has 0 saturated heterocycles. The highest BCUT2D eigenvalue weighted by Crippen LogP contribution is 2.47. The fourth-order valence-corrected chi connectivity index (χ4v) is 4.30. The third-order valence-corrected chi connectivity index (χ3v) is 5.66. The average Bonchev–Trinajstić information content (AvgIpc) is 2.67. The van der Waals surface area contributed by atoms with E-state index in [9.17, 15) is 0 Å². The Morgan fingerprint density at radius 2 is 1.88 bits per heavy atom. The van der Waals surface area contributed by atoms with Gasteiger partial charge in [-0.05, 0) is 37.3 Å². The fraction of sp³-hybridized carbons (Fsp3) is 0.455. The van der Waals surface area contributed by atoms with Gasteiger partial charge in [0.1, 0.15) is 17.1 Å². The van der Waals surface area contributed by atoms with Crippen molar-refractivity contribution in [2.45, 2.75) is 56.7 Å². The number of fused-ring (bicyclic) bond motifs is 1. The van der Waals surface area contributed by atoms with E-state index in [0.717, 1.165) is 37.3 Å². The Balaban J connectivity index is 1.60. The summed E-state index contributed by atoms with van der Waals surface area (Å²) in [6, 6.07) is 17.2. The smallest absolute Gasteiger partial charge is 0.128 e. The van der Waals surface area contributed by atoms with Crippen molar-refractivity contribution in [3.05, 3.63) is 59.7 Å². The number of hydrogen-bond acceptors (Lipinski definition) is 3. The van der Waals surface area contributed by atoms with Gasteiger partial charge in [-0.3, -0.25) is 0 Å². The van der Waals surface area contributed by atoms with Crippen molar-refractivity contribution >= 4 is 0 Å². The number of methoxy groups -OCH3 is 1. The van der Waals surface area contributed by atoms with Crippen LogP contribution in [0.5, 0.6) is 11.5 Å². The molecule has 3 heteroatoms. The summed E-state index contributed by atoms with van der Waals surface area (Å²) in [5.41, 5.74) is 2.57. The van der Waals surface area contributed by atoms with E-state index in [4.69, 9.17) is 9.47 Å². The number of nitrogens with one attached hydrogen (secondary N) is 1. The first-order valence-corrected chi connectivity index (χ1v) is 9.42. The van der Waals surface area contributed by atoms with Crippen molar-refractivity contribution in [1.29, 1.82) is 0 Å². The number of hydrogen-bond donors (Lipinski definition) is 1. The Morgan fingerprint density at radius 1 is 1.08 bits per heavy atom. The van der Waals surface area contributed by atoms with Crippen LogP contribution in [0.15, 0.2) is 48.5 Å². The SMILES string of the molecule is COc1ccc2c(c1)OC1(CCCCC1)CC2NCc1ccccc1. The minimum Gasteiger partial charge on any atom is -0.497 e. The largest absolute Gasteiger partial charge is 0.497 e. The van der Waals surface area contributed by atoms with Crippen molar-refractivity contribution in [3.8, 4) is 11.5 Å². The van der Waals surface area contributed by atoms with Crippen LogP contribution in [0.2, 0.25) is 0 Å². The molecule has 0 radical (unpaired) electrons. The van der Waals surface area contributed by atoms with Crippen LogP contribution in [-0.4, -0.2) is 12.7 Å². The lowest BCUT2D eigenvalue weighted by Gasteiger charge is -2.45. The van der Waals surface area contributed by atoms with Crippen LogP contribution in [0.1, 0.15) is 55.7 Å². The standard InChI is InChI=1S/C22H27NO2/c1-24-18-10-11-19-20(23-16-17-8-4-2-5-9-17)15-22(25-21(19)14-18)12-6-3-7-13-22/h2,4-5,8-11,14,20,23H,3,6-7,12-13,15-16H2,1H3. The van der Waals surface area contributed by atoms with Gasteiger partial charge >= 0.3 is 0 Å². The fourth-order valence-electron chi connectivity index (χ4n) is 4.30. The van der Waals surface area contributed by atoms with Crippen LogP contribution in [0.4, 0.5) is 0 Å². The minimum absolute atomic E-state index is 0.00797. The van der Waals surface area contributed by atoms with Gasteiger partial charge in [0.25, 0.3) is 0 Å². The molecule has 2 aromatic rings. The topological polar surface area (TPSA) is 30.5 Å². The Bertz CT molecular complexity index is 707. The zero-order valence-corrected chi connectivity index (χ0v) is 15.0. The van der Waals surface area contributed by atoms with E-state index in [2.05, 4.69) is 47.8 Å². The summed E-state index contributed by atoms with van der Waals surface area (Å²) in [6.07, 6.45) is 7.24. The van der Waals surface area contributed by atoms with Gasteiger partial charge in [0.05, 0.1) is 7.11 Å². The molecule has 1 unspecified atom stereocenters. The van der Waals surface area contributed by atoms with Crippen molar-refractivity contribution in [1.82, 2.24) is 5.32 Å². The molecule has 1 atom stereocenters. The highest BCUT2D eigenvalue weighted by molar-refractivity contribution is 5.44. The molecule has 1 aliphatic heterocycles. The molecule has 4 rings (SSSR count). The van der Waals surface area contributed by atoms with Crippen LogP contribution in [-0.2, 0) is 6.54 Å². The molecule has 1 spiro atoms. The highest BCUT2D eigenvalue weighted by Gasteiger charge is 2.41. The van der Waals surface area contributed by atoms with Crippen molar-refractivity contribution < 1.29 is 9.47 Å². The normalized spacial score (nSPS) is 21.4. The van der Waals surface area contributed by atoms with Crippen LogP contribution in [0.25, 0.3) is 0 Å². The van der Waals surface area contributed by atoms with Gasteiger partial charge in [0.15, 0.2) is 0 Å². The molecule has 1 heterocycles. The summed E-state index contributed by atoms with van der Waals surface area (Å²) < 4.78 is 12.0. The monoisotopic (exact) mass is 337 g/mol. The predicted molar refractivity (Wildman–Crippen MR) is 100 cm³/mol. The minimum atomic E-state index is -0.00797. The third kappa shape index (κ3) is 3.52. The van der Waals surface area contributed by atoms with Crippen LogP contribution >= 0.6 is 0 Å². The van der Waals surface area contributed by atoms with Gasteiger partial charge in [-0.2, -0.15) is 0 Å². The molecular formula is C22H27NO2. The summed E-state index contributed by atoms with van der Waals surface area (Å²) in [7, 11) is 1.71. The first-order valence-electron chi connectivity index (χ1n) is 9.42. The summed E-state index contributed by atoms with van der Waals surface area (Å²) in [5, 5.41) is 3.78. The van der Waals surface area contributed by atoms with Gasteiger partial charge in [-0.1, -0.05) is 42.8 Å². The van der Waals surface area contributed by atoms with Gasteiger partial charge in [-0.25, -0.2) is 0 Å². The van der Waals surface area contributed by atoms with E-state index >= 15 is 0 Å². The molecule has 1 aliphatic carbocycles. The molecule has 2 aromatic carbocycles. The molecule has 0 bridgehead atoms. The molecular weight excluding hydrogens is 310 g/mol. The van der Waals surface area contributed by atoms with Crippen molar-refractivity contribution in [3.63, 3.8) is 0 Å². The van der Waals surface area contributed by atoms with E-state index in [0.29, 0.717) is 6.04 Å². The van der Waals surface area contributed by atoms with Crippen LogP contribution in [0.3, 0.4) is 0 Å². The van der Waals surface area contributed by atoms with Gasteiger partial charge in [0, 0.05) is 30.6 Å². The van der Waals surface area contributed by atoms with Crippen LogP contribution < -0.4 is 14.8 Å². The zero-order valence-electron chi connectivity index (χ0n) is 15.0. The van der Waals surface area contributed by atoms with Crippen molar-refractivity contribution in [2.24, 2.45) is 0 Å².